The monoisotopic (exact) mass is 274 g/mol. The van der Waals surface area contributed by atoms with Crippen LogP contribution in [0.5, 0.6) is 0 Å². The predicted molar refractivity (Wildman–Crippen MR) is 73.8 cm³/mol. The van der Waals surface area contributed by atoms with Crippen LogP contribution in [-0.4, -0.2) is 47.3 Å². The van der Waals surface area contributed by atoms with E-state index in [4.69, 9.17) is 0 Å². The van der Waals surface area contributed by atoms with E-state index >= 15 is 0 Å². The Balaban J connectivity index is 0.00000144. The molecule has 1 aliphatic heterocycles. The van der Waals surface area contributed by atoms with Gasteiger partial charge in [0.05, 0.1) is 5.69 Å². The lowest BCUT2D eigenvalue weighted by atomic mass is 10.2. The van der Waals surface area contributed by atoms with E-state index in [2.05, 4.69) is 27.2 Å². The van der Waals surface area contributed by atoms with Gasteiger partial charge in [0.2, 0.25) is 0 Å². The maximum atomic E-state index is 4.42. The summed E-state index contributed by atoms with van der Waals surface area (Å²) in [7, 11) is 2.16. The van der Waals surface area contributed by atoms with Crippen molar-refractivity contribution in [1.29, 1.82) is 0 Å². The second-order valence-corrected chi connectivity index (χ2v) is 4.87. The minimum absolute atomic E-state index is 0. The lowest BCUT2D eigenvalue weighted by Gasteiger charge is -2.23. The van der Waals surface area contributed by atoms with E-state index in [0.717, 1.165) is 30.4 Å². The number of thioether (sulfide) groups is 1. The van der Waals surface area contributed by atoms with Crippen molar-refractivity contribution in [2.24, 2.45) is 0 Å². The third kappa shape index (κ3) is 3.81. The predicted octanol–water partition coefficient (Wildman–Crippen LogP) is 1.41. The molecule has 0 aliphatic carbocycles. The molecular formula is C11H19ClN4S. The molecule has 2 rings (SSSR count). The van der Waals surface area contributed by atoms with Crippen LogP contribution in [-0.2, 0) is 6.54 Å². The van der Waals surface area contributed by atoms with E-state index in [9.17, 15) is 0 Å². The van der Waals surface area contributed by atoms with Gasteiger partial charge in [-0.05, 0) is 26.3 Å². The Morgan fingerprint density at radius 1 is 1.47 bits per heavy atom. The average molecular weight is 275 g/mol. The van der Waals surface area contributed by atoms with E-state index in [0.29, 0.717) is 6.04 Å². The van der Waals surface area contributed by atoms with Gasteiger partial charge in [0.1, 0.15) is 5.03 Å². The van der Waals surface area contributed by atoms with E-state index in [1.165, 1.54) is 6.42 Å². The number of hydrogen-bond acceptors (Lipinski definition) is 5. The molecule has 0 spiro atoms. The highest BCUT2D eigenvalue weighted by Gasteiger charge is 2.20. The molecule has 0 bridgehead atoms. The summed E-state index contributed by atoms with van der Waals surface area (Å²) in [5.74, 6) is 0. The molecular weight excluding hydrogens is 256 g/mol. The molecule has 2 heterocycles. The van der Waals surface area contributed by atoms with Crippen LogP contribution >= 0.6 is 24.2 Å². The Hall–Kier alpha value is -0.360. The quantitative estimate of drug-likeness (QED) is 0.841. The summed E-state index contributed by atoms with van der Waals surface area (Å²) in [4.78, 5) is 11.1. The molecule has 0 unspecified atom stereocenters. The first-order chi connectivity index (χ1) is 7.81. The van der Waals surface area contributed by atoms with Crippen LogP contribution in [0.4, 0.5) is 0 Å². The molecule has 0 amide bonds. The van der Waals surface area contributed by atoms with Crippen molar-refractivity contribution in [1.82, 2.24) is 20.2 Å². The van der Waals surface area contributed by atoms with Crippen molar-refractivity contribution in [2.75, 3.05) is 26.4 Å². The molecule has 1 atom stereocenters. The fourth-order valence-corrected chi connectivity index (χ4v) is 2.53. The van der Waals surface area contributed by atoms with Crippen molar-refractivity contribution in [2.45, 2.75) is 24.0 Å². The van der Waals surface area contributed by atoms with Crippen LogP contribution in [0.15, 0.2) is 17.4 Å². The third-order valence-corrected chi connectivity index (χ3v) is 3.71. The van der Waals surface area contributed by atoms with Gasteiger partial charge in [0, 0.05) is 31.5 Å². The maximum Gasteiger partial charge on any atom is 0.119 e. The summed E-state index contributed by atoms with van der Waals surface area (Å²) in [6.45, 7) is 3.10. The van der Waals surface area contributed by atoms with Crippen molar-refractivity contribution in [3.63, 3.8) is 0 Å². The molecule has 0 saturated carbocycles. The Kier molecular flexibility index (Phi) is 6.19. The Bertz CT molecular complexity index is 344. The summed E-state index contributed by atoms with van der Waals surface area (Å²) in [6.07, 6.45) is 6.80. The van der Waals surface area contributed by atoms with Crippen LogP contribution in [0.2, 0.25) is 0 Å². The summed E-state index contributed by atoms with van der Waals surface area (Å²) in [5, 5.41) is 4.43. The van der Waals surface area contributed by atoms with Gasteiger partial charge in [-0.15, -0.1) is 24.2 Å². The number of nitrogens with one attached hydrogen (secondary N) is 1. The van der Waals surface area contributed by atoms with Gasteiger partial charge >= 0.3 is 0 Å². The van der Waals surface area contributed by atoms with Gasteiger partial charge in [-0.1, -0.05) is 0 Å². The molecule has 0 radical (unpaired) electrons. The van der Waals surface area contributed by atoms with Gasteiger partial charge in [0.15, 0.2) is 0 Å². The molecule has 17 heavy (non-hydrogen) atoms. The Morgan fingerprint density at radius 2 is 2.24 bits per heavy atom. The summed E-state index contributed by atoms with van der Waals surface area (Å²) < 4.78 is 0. The van der Waals surface area contributed by atoms with Gasteiger partial charge < -0.3 is 5.32 Å². The number of likely N-dealkylation sites (N-methyl/N-ethyl adjacent to an activating group) is 1. The lowest BCUT2D eigenvalue weighted by Crippen LogP contribution is -2.33. The summed E-state index contributed by atoms with van der Waals surface area (Å²) >= 11 is 1.66. The number of rotatable bonds is 4. The first-order valence-electron chi connectivity index (χ1n) is 5.56. The molecule has 0 aromatic carbocycles. The highest BCUT2D eigenvalue weighted by atomic mass is 35.5. The van der Waals surface area contributed by atoms with Crippen molar-refractivity contribution < 1.29 is 0 Å². The molecule has 1 saturated heterocycles. The van der Waals surface area contributed by atoms with Crippen molar-refractivity contribution in [3.8, 4) is 0 Å². The number of hydrogen-bond donors (Lipinski definition) is 1. The summed E-state index contributed by atoms with van der Waals surface area (Å²) in [6, 6.07) is 0.636. The highest BCUT2D eigenvalue weighted by molar-refractivity contribution is 7.98. The molecule has 1 fully saturated rings. The summed E-state index contributed by atoms with van der Waals surface area (Å²) in [5.41, 5.74) is 1.09. The average Bonchev–Trinajstić information content (AvgIpc) is 2.83. The maximum absolute atomic E-state index is 4.42. The first kappa shape index (κ1) is 14.7. The molecule has 96 valence electrons. The topological polar surface area (TPSA) is 41.1 Å². The second kappa shape index (κ2) is 7.16. The Labute approximate surface area is 113 Å². The van der Waals surface area contributed by atoms with E-state index < -0.39 is 0 Å². The lowest BCUT2D eigenvalue weighted by molar-refractivity contribution is 0.243. The number of nitrogens with zero attached hydrogens (tertiary/aromatic N) is 3. The zero-order valence-electron chi connectivity index (χ0n) is 10.2. The minimum atomic E-state index is 0. The van der Waals surface area contributed by atoms with E-state index in [1.807, 2.05) is 6.26 Å². The minimum Gasteiger partial charge on any atom is -0.315 e. The molecule has 1 aromatic heterocycles. The highest BCUT2D eigenvalue weighted by Crippen LogP contribution is 2.17. The normalized spacial score (nSPS) is 19.4. The van der Waals surface area contributed by atoms with Crippen LogP contribution in [0.3, 0.4) is 0 Å². The smallest absolute Gasteiger partial charge is 0.119 e. The zero-order chi connectivity index (χ0) is 11.4. The second-order valence-electron chi connectivity index (χ2n) is 4.07. The van der Waals surface area contributed by atoms with Gasteiger partial charge in [-0.25, -0.2) is 4.98 Å². The van der Waals surface area contributed by atoms with Gasteiger partial charge in [0.25, 0.3) is 0 Å². The SMILES string of the molecule is CSc1nccnc1CN(C)[C@@H]1CCNC1.Cl. The first-order valence-corrected chi connectivity index (χ1v) is 6.78. The standard InChI is InChI=1S/C11H18N4S.ClH/c1-15(9-3-4-12-7-9)8-10-11(16-2)14-6-5-13-10;/h5-6,9,12H,3-4,7-8H2,1-2H3;1H/t9-;/m1./s1. The molecule has 6 heteroatoms. The fraction of sp³-hybridized carbons (Fsp3) is 0.636. The van der Waals surface area contributed by atoms with Crippen LogP contribution in [0.25, 0.3) is 0 Å². The van der Waals surface area contributed by atoms with Crippen LogP contribution in [0, 0.1) is 0 Å². The third-order valence-electron chi connectivity index (χ3n) is 2.99. The number of halogens is 1. The van der Waals surface area contributed by atoms with Crippen molar-refractivity contribution in [3.05, 3.63) is 18.1 Å². The molecule has 4 nitrogen and oxygen atoms in total. The number of aromatic nitrogens is 2. The fourth-order valence-electron chi connectivity index (χ4n) is 2.01. The van der Waals surface area contributed by atoms with Crippen molar-refractivity contribution >= 4 is 24.2 Å². The van der Waals surface area contributed by atoms with E-state index in [-0.39, 0.29) is 12.4 Å². The Morgan fingerprint density at radius 3 is 2.88 bits per heavy atom. The van der Waals surface area contributed by atoms with E-state index in [1.54, 1.807) is 24.2 Å². The molecule has 1 aliphatic rings. The largest absolute Gasteiger partial charge is 0.315 e. The molecule has 1 aromatic rings. The zero-order valence-corrected chi connectivity index (χ0v) is 11.9. The molecule has 1 N–H and O–H groups in total. The van der Waals surface area contributed by atoms with Gasteiger partial charge in [-0.3, -0.25) is 9.88 Å². The van der Waals surface area contributed by atoms with Crippen LogP contribution in [0.1, 0.15) is 12.1 Å². The van der Waals surface area contributed by atoms with Gasteiger partial charge in [-0.2, -0.15) is 0 Å². The van der Waals surface area contributed by atoms with Crippen LogP contribution < -0.4 is 5.32 Å².